The van der Waals surface area contributed by atoms with E-state index in [1.54, 1.807) is 6.92 Å². The van der Waals surface area contributed by atoms with E-state index in [2.05, 4.69) is 10.2 Å². The predicted molar refractivity (Wildman–Crippen MR) is 119 cm³/mol. The average molecular weight is 446 g/mol. The molecule has 0 aliphatic carbocycles. The van der Waals surface area contributed by atoms with Gasteiger partial charge in [-0.3, -0.25) is 29.4 Å². The van der Waals surface area contributed by atoms with Crippen molar-refractivity contribution < 1.29 is 19.3 Å². The van der Waals surface area contributed by atoms with Crippen LogP contribution in [0.2, 0.25) is 0 Å². The van der Waals surface area contributed by atoms with Gasteiger partial charge in [0.1, 0.15) is 5.54 Å². The monoisotopic (exact) mass is 446 g/mol. The number of nitro groups is 1. The van der Waals surface area contributed by atoms with E-state index in [9.17, 15) is 24.5 Å². The number of carbonyl (C=O) groups is 3. The number of para-hydroxylation sites is 1. The summed E-state index contributed by atoms with van der Waals surface area (Å²) in [5.41, 5.74) is 1.88. The highest BCUT2D eigenvalue weighted by atomic mass is 16.6. The maximum atomic E-state index is 14.0. The molecule has 168 valence electrons. The first-order valence-electron chi connectivity index (χ1n) is 11.1. The van der Waals surface area contributed by atoms with Gasteiger partial charge in [0.2, 0.25) is 17.7 Å². The van der Waals surface area contributed by atoms with Gasteiger partial charge in [0, 0.05) is 29.4 Å². The van der Waals surface area contributed by atoms with Crippen molar-refractivity contribution in [2.75, 3.05) is 16.8 Å². The van der Waals surface area contributed by atoms with Gasteiger partial charge in [-0.05, 0) is 50.4 Å². The highest BCUT2D eigenvalue weighted by Crippen LogP contribution is 2.61. The highest BCUT2D eigenvalue weighted by molar-refractivity contribution is 6.26. The molecule has 3 amide bonds. The van der Waals surface area contributed by atoms with E-state index in [-0.39, 0.29) is 23.5 Å². The number of imide groups is 1. The fourth-order valence-electron chi connectivity index (χ4n) is 6.62. The number of non-ortho nitro benzene ring substituents is 1. The van der Waals surface area contributed by atoms with Crippen molar-refractivity contribution in [2.45, 2.75) is 38.3 Å². The second-order valence-electron chi connectivity index (χ2n) is 9.36. The van der Waals surface area contributed by atoms with Crippen molar-refractivity contribution >= 4 is 34.8 Å². The summed E-state index contributed by atoms with van der Waals surface area (Å²) >= 11 is 0. The van der Waals surface area contributed by atoms with Gasteiger partial charge >= 0.3 is 0 Å². The molecule has 2 aromatic rings. The van der Waals surface area contributed by atoms with Crippen molar-refractivity contribution in [3.63, 3.8) is 0 Å². The molecule has 1 N–H and O–H groups in total. The molecule has 0 radical (unpaired) electrons. The van der Waals surface area contributed by atoms with Gasteiger partial charge in [-0.1, -0.05) is 18.2 Å². The Hall–Kier alpha value is -3.59. The first-order chi connectivity index (χ1) is 15.8. The Labute approximate surface area is 189 Å². The lowest BCUT2D eigenvalue weighted by atomic mass is 9.75. The third-order valence-electron chi connectivity index (χ3n) is 7.87. The van der Waals surface area contributed by atoms with Crippen LogP contribution in [0.1, 0.15) is 29.5 Å². The maximum Gasteiger partial charge on any atom is 0.269 e. The molecule has 33 heavy (non-hydrogen) atoms. The number of benzene rings is 2. The molecule has 9 heteroatoms. The molecular weight excluding hydrogens is 424 g/mol. The summed E-state index contributed by atoms with van der Waals surface area (Å²) < 4.78 is 0. The summed E-state index contributed by atoms with van der Waals surface area (Å²) in [6, 6.07) is 9.60. The van der Waals surface area contributed by atoms with Crippen molar-refractivity contribution in [2.24, 2.45) is 11.8 Å². The molecule has 3 fully saturated rings. The number of fused-ring (bicyclic) bond motifs is 7. The van der Waals surface area contributed by atoms with Gasteiger partial charge in [0.25, 0.3) is 5.69 Å². The minimum absolute atomic E-state index is 0.103. The number of hydrogen-bond acceptors (Lipinski definition) is 6. The zero-order chi connectivity index (χ0) is 23.2. The van der Waals surface area contributed by atoms with Crippen LogP contribution in [0.15, 0.2) is 36.4 Å². The van der Waals surface area contributed by atoms with Crippen LogP contribution in [-0.4, -0.2) is 40.1 Å². The number of nitrogens with one attached hydrogen (secondary N) is 1. The summed E-state index contributed by atoms with van der Waals surface area (Å²) in [5.74, 6) is -2.47. The van der Waals surface area contributed by atoms with Crippen LogP contribution in [0.25, 0.3) is 0 Å². The second kappa shape index (κ2) is 6.48. The van der Waals surface area contributed by atoms with Crippen LogP contribution in [0, 0.1) is 35.8 Å². The quantitative estimate of drug-likeness (QED) is 0.431. The smallest absolute Gasteiger partial charge is 0.269 e. The molecule has 0 bridgehead atoms. The van der Waals surface area contributed by atoms with E-state index in [0.29, 0.717) is 17.8 Å². The minimum atomic E-state index is -1.22. The molecule has 6 rings (SSSR count). The summed E-state index contributed by atoms with van der Waals surface area (Å²) in [5, 5.41) is 14.2. The lowest BCUT2D eigenvalue weighted by Crippen LogP contribution is -2.54. The lowest BCUT2D eigenvalue weighted by Gasteiger charge is -2.36. The van der Waals surface area contributed by atoms with E-state index in [1.165, 1.54) is 18.2 Å². The van der Waals surface area contributed by atoms with Crippen molar-refractivity contribution in [3.8, 4) is 0 Å². The van der Waals surface area contributed by atoms with Crippen LogP contribution < -0.4 is 10.2 Å². The lowest BCUT2D eigenvalue weighted by molar-refractivity contribution is -0.384. The van der Waals surface area contributed by atoms with Gasteiger partial charge in [-0.2, -0.15) is 0 Å². The van der Waals surface area contributed by atoms with Gasteiger partial charge in [-0.25, -0.2) is 4.90 Å². The number of rotatable bonds is 2. The Morgan fingerprint density at radius 2 is 1.88 bits per heavy atom. The third-order valence-corrected chi connectivity index (χ3v) is 7.87. The normalized spacial score (nSPS) is 30.1. The van der Waals surface area contributed by atoms with Crippen molar-refractivity contribution in [1.29, 1.82) is 0 Å². The number of aryl methyl sites for hydroxylation is 2. The number of hydrogen-bond donors (Lipinski definition) is 1. The van der Waals surface area contributed by atoms with Crippen LogP contribution in [0.4, 0.5) is 17.1 Å². The van der Waals surface area contributed by atoms with E-state index < -0.39 is 28.2 Å². The molecule has 0 saturated carbocycles. The second-order valence-corrected chi connectivity index (χ2v) is 9.36. The van der Waals surface area contributed by atoms with Crippen LogP contribution >= 0.6 is 0 Å². The van der Waals surface area contributed by atoms with Gasteiger partial charge in [0.05, 0.1) is 22.4 Å². The molecule has 9 nitrogen and oxygen atoms in total. The number of carbonyl (C=O) groups excluding carboxylic acids is 3. The van der Waals surface area contributed by atoms with Crippen molar-refractivity contribution in [3.05, 3.63) is 63.2 Å². The average Bonchev–Trinajstić information content (AvgIpc) is 3.48. The minimum Gasteiger partial charge on any atom is -0.324 e. The van der Waals surface area contributed by atoms with Gasteiger partial charge in [0.15, 0.2) is 0 Å². The fourth-order valence-corrected chi connectivity index (χ4v) is 6.62. The Kier molecular flexibility index (Phi) is 3.93. The first-order valence-corrected chi connectivity index (χ1v) is 11.1. The molecule has 2 aromatic carbocycles. The van der Waals surface area contributed by atoms with E-state index in [4.69, 9.17) is 0 Å². The van der Waals surface area contributed by atoms with Crippen LogP contribution in [0.3, 0.4) is 0 Å². The summed E-state index contributed by atoms with van der Waals surface area (Å²) in [4.78, 5) is 55.3. The molecule has 0 unspecified atom stereocenters. The number of anilines is 2. The Balaban J connectivity index is 1.53. The SMILES string of the molecule is Cc1cc([N+](=O)[O-])ccc1N1C(=O)[C@@H]2[C@H]3CCCN3[C@@]3(C(=O)Nc4c(C)cccc43)[C@@H]2C1=O. The Morgan fingerprint density at radius 1 is 1.09 bits per heavy atom. The summed E-state index contributed by atoms with van der Waals surface area (Å²) in [6.07, 6.45) is 1.59. The first kappa shape index (κ1) is 20.0. The van der Waals surface area contributed by atoms with Crippen LogP contribution in [-0.2, 0) is 19.9 Å². The predicted octanol–water partition coefficient (Wildman–Crippen LogP) is 2.64. The molecule has 4 atom stereocenters. The maximum absolute atomic E-state index is 14.0. The molecular formula is C24H22N4O5. The summed E-state index contributed by atoms with van der Waals surface area (Å²) in [6.45, 7) is 4.21. The zero-order valence-corrected chi connectivity index (χ0v) is 18.2. The topological polar surface area (TPSA) is 113 Å². The molecule has 1 spiro atoms. The van der Waals surface area contributed by atoms with Gasteiger partial charge in [-0.15, -0.1) is 0 Å². The zero-order valence-electron chi connectivity index (χ0n) is 18.2. The number of amides is 3. The largest absolute Gasteiger partial charge is 0.324 e. The molecule has 3 saturated heterocycles. The third kappa shape index (κ3) is 2.27. The Bertz CT molecular complexity index is 1290. The van der Waals surface area contributed by atoms with Gasteiger partial charge < -0.3 is 5.32 Å². The van der Waals surface area contributed by atoms with E-state index >= 15 is 0 Å². The van der Waals surface area contributed by atoms with E-state index in [0.717, 1.165) is 34.6 Å². The van der Waals surface area contributed by atoms with Crippen LogP contribution in [0.5, 0.6) is 0 Å². The van der Waals surface area contributed by atoms with Crippen molar-refractivity contribution in [1.82, 2.24) is 4.90 Å². The highest BCUT2D eigenvalue weighted by Gasteiger charge is 2.74. The molecule has 0 aromatic heterocycles. The number of nitro benzene ring substituents is 1. The summed E-state index contributed by atoms with van der Waals surface area (Å²) in [7, 11) is 0. The molecule has 4 aliphatic heterocycles. The molecule has 4 heterocycles. The number of nitrogens with zero attached hydrogens (tertiary/aromatic N) is 3. The van der Waals surface area contributed by atoms with E-state index in [1.807, 2.05) is 25.1 Å². The Morgan fingerprint density at radius 3 is 2.61 bits per heavy atom. The fraction of sp³-hybridized carbons (Fsp3) is 0.375. The molecule has 4 aliphatic rings. The standard InChI is InChI=1S/C24H22N4O5/c1-12-5-3-6-15-20(12)25-23(31)24(15)19-18(17-7-4-10-26(17)24)21(29)27(22(19)30)16-9-8-14(28(32)33)11-13(16)2/h3,5-6,8-9,11,17-19H,4,7,10H2,1-2H3,(H,25,31)/t17-,18-,19+,24-/m1/s1.